The minimum Gasteiger partial charge on any atom is -0.338 e. The van der Waals surface area contributed by atoms with E-state index in [2.05, 4.69) is 20.3 Å². The zero-order valence-corrected chi connectivity index (χ0v) is 14.4. The topological polar surface area (TPSA) is 105 Å². The molecule has 0 atom stereocenters. The molecule has 0 spiro atoms. The van der Waals surface area contributed by atoms with E-state index in [9.17, 15) is 13.2 Å². The summed E-state index contributed by atoms with van der Waals surface area (Å²) in [6.07, 6.45) is 6.04. The molecule has 0 aliphatic carbocycles. The number of sulfonamides is 1. The highest BCUT2D eigenvalue weighted by Gasteiger charge is 2.13. The fourth-order valence-corrected chi connectivity index (χ4v) is 2.83. The van der Waals surface area contributed by atoms with Gasteiger partial charge in [0.25, 0.3) is 0 Å². The second-order valence-corrected chi connectivity index (χ2v) is 7.11. The lowest BCUT2D eigenvalue weighted by atomic mass is 10.2. The number of hydrogen-bond acceptors (Lipinski definition) is 4. The Bertz CT molecular complexity index is 787. The van der Waals surface area contributed by atoms with Crippen molar-refractivity contribution in [2.24, 2.45) is 0 Å². The molecule has 8 nitrogen and oxygen atoms in total. The van der Waals surface area contributed by atoms with Crippen LogP contribution in [-0.4, -0.2) is 37.6 Å². The Kier molecular flexibility index (Phi) is 5.93. The molecule has 130 valence electrons. The van der Waals surface area contributed by atoms with Gasteiger partial charge in [-0.05, 0) is 38.1 Å². The van der Waals surface area contributed by atoms with Gasteiger partial charge in [-0.3, -0.25) is 0 Å². The van der Waals surface area contributed by atoms with Gasteiger partial charge >= 0.3 is 6.03 Å². The molecule has 0 fully saturated rings. The zero-order chi connectivity index (χ0) is 17.6. The van der Waals surface area contributed by atoms with Crippen LogP contribution in [0.3, 0.4) is 0 Å². The van der Waals surface area contributed by atoms with Crippen LogP contribution in [0.2, 0.25) is 0 Å². The fourth-order valence-electron chi connectivity index (χ4n) is 2.07. The lowest BCUT2D eigenvalue weighted by Crippen LogP contribution is -2.30. The maximum absolute atomic E-state index is 12.0. The Hall–Kier alpha value is -2.39. The van der Waals surface area contributed by atoms with Gasteiger partial charge in [-0.2, -0.15) is 0 Å². The summed E-state index contributed by atoms with van der Waals surface area (Å²) in [6, 6.07) is 4.21. The number of anilines is 1. The van der Waals surface area contributed by atoms with E-state index in [4.69, 9.17) is 0 Å². The average Bonchev–Trinajstić information content (AvgIpc) is 3.07. The van der Waals surface area contributed by atoms with E-state index in [1.54, 1.807) is 25.5 Å². The van der Waals surface area contributed by atoms with Gasteiger partial charge in [-0.25, -0.2) is 22.9 Å². The molecule has 0 saturated carbocycles. The van der Waals surface area contributed by atoms with Crippen LogP contribution in [0.25, 0.3) is 0 Å². The molecule has 0 saturated heterocycles. The molecule has 0 bridgehead atoms. The molecule has 2 aromatic rings. The van der Waals surface area contributed by atoms with Crippen LogP contribution >= 0.6 is 0 Å². The third-order valence-corrected chi connectivity index (χ3v) is 4.89. The van der Waals surface area contributed by atoms with Gasteiger partial charge in [0.05, 0.1) is 11.2 Å². The first-order chi connectivity index (χ1) is 11.4. The molecule has 1 heterocycles. The number of benzene rings is 1. The highest BCUT2D eigenvalue weighted by atomic mass is 32.2. The summed E-state index contributed by atoms with van der Waals surface area (Å²) in [5.74, 6) is 0. The molecule has 1 aromatic carbocycles. The molecule has 2 amide bonds. The number of nitrogens with zero attached hydrogens (tertiary/aromatic N) is 2. The lowest BCUT2D eigenvalue weighted by Gasteiger charge is -2.12. The van der Waals surface area contributed by atoms with Crippen LogP contribution in [0.1, 0.15) is 12.0 Å². The Morgan fingerprint density at radius 3 is 2.79 bits per heavy atom. The van der Waals surface area contributed by atoms with Gasteiger partial charge in [-0.15, -0.1) is 0 Å². The molecule has 24 heavy (non-hydrogen) atoms. The third kappa shape index (κ3) is 4.80. The summed E-state index contributed by atoms with van der Waals surface area (Å²) >= 11 is 0. The highest BCUT2D eigenvalue weighted by molar-refractivity contribution is 7.89. The van der Waals surface area contributed by atoms with Crippen molar-refractivity contribution in [1.82, 2.24) is 19.6 Å². The molecule has 0 unspecified atom stereocenters. The number of carbonyl (C=O) groups excluding carboxylic acids is 1. The van der Waals surface area contributed by atoms with Gasteiger partial charge in [0.1, 0.15) is 0 Å². The van der Waals surface area contributed by atoms with Crippen LogP contribution in [0.4, 0.5) is 10.5 Å². The summed E-state index contributed by atoms with van der Waals surface area (Å²) in [5, 5.41) is 5.42. The van der Waals surface area contributed by atoms with Crippen LogP contribution in [0.5, 0.6) is 0 Å². The van der Waals surface area contributed by atoms with Crippen LogP contribution < -0.4 is 15.4 Å². The van der Waals surface area contributed by atoms with Crippen molar-refractivity contribution in [1.29, 1.82) is 0 Å². The maximum atomic E-state index is 12.0. The molecular weight excluding hydrogens is 330 g/mol. The number of amides is 2. The average molecular weight is 351 g/mol. The van der Waals surface area contributed by atoms with E-state index >= 15 is 0 Å². The van der Waals surface area contributed by atoms with E-state index in [-0.39, 0.29) is 10.9 Å². The second-order valence-electron chi connectivity index (χ2n) is 5.22. The number of rotatable bonds is 7. The molecule has 1 aromatic heterocycles. The Labute approximate surface area is 141 Å². The van der Waals surface area contributed by atoms with E-state index in [0.717, 1.165) is 18.5 Å². The summed E-state index contributed by atoms with van der Waals surface area (Å²) in [4.78, 5) is 16.0. The standard InChI is InChI=1S/C15H21N5O3S/c1-12-4-5-13(24(22,23)16-2)10-14(12)19-15(21)18-6-3-8-20-9-7-17-11-20/h4-5,7,9-11,16H,3,6,8H2,1-2H3,(H2,18,19,21). The number of aromatic nitrogens is 2. The third-order valence-electron chi connectivity index (χ3n) is 3.47. The van der Waals surface area contributed by atoms with E-state index < -0.39 is 10.0 Å². The normalized spacial score (nSPS) is 11.2. The monoisotopic (exact) mass is 351 g/mol. The minimum atomic E-state index is -3.55. The summed E-state index contributed by atoms with van der Waals surface area (Å²) in [5.41, 5.74) is 1.23. The number of aryl methyl sites for hydroxylation is 2. The van der Waals surface area contributed by atoms with Crippen molar-refractivity contribution in [2.75, 3.05) is 18.9 Å². The summed E-state index contributed by atoms with van der Waals surface area (Å²) < 4.78 is 27.8. The van der Waals surface area contributed by atoms with Crippen LogP contribution in [0.15, 0.2) is 41.8 Å². The number of nitrogens with one attached hydrogen (secondary N) is 3. The fraction of sp³-hybridized carbons (Fsp3) is 0.333. The van der Waals surface area contributed by atoms with Crippen LogP contribution in [0, 0.1) is 6.92 Å². The first kappa shape index (κ1) is 18.0. The molecule has 9 heteroatoms. The number of imidazole rings is 1. The highest BCUT2D eigenvalue weighted by Crippen LogP contribution is 2.19. The Morgan fingerprint density at radius 1 is 1.33 bits per heavy atom. The maximum Gasteiger partial charge on any atom is 0.319 e. The molecular formula is C15H21N5O3S. The first-order valence-electron chi connectivity index (χ1n) is 7.47. The van der Waals surface area contributed by atoms with Gasteiger partial charge in [0.2, 0.25) is 10.0 Å². The van der Waals surface area contributed by atoms with E-state index in [1.165, 1.54) is 19.2 Å². The summed E-state index contributed by atoms with van der Waals surface area (Å²) in [7, 11) is -2.21. The van der Waals surface area contributed by atoms with Gasteiger partial charge in [0, 0.05) is 31.2 Å². The SMILES string of the molecule is CNS(=O)(=O)c1ccc(C)c(NC(=O)NCCCn2ccnc2)c1. The lowest BCUT2D eigenvalue weighted by molar-refractivity contribution is 0.252. The molecule has 0 aliphatic heterocycles. The van der Waals surface area contributed by atoms with Gasteiger partial charge < -0.3 is 15.2 Å². The van der Waals surface area contributed by atoms with Crippen molar-refractivity contribution in [3.8, 4) is 0 Å². The van der Waals surface area contributed by atoms with Crippen molar-refractivity contribution in [3.05, 3.63) is 42.5 Å². The van der Waals surface area contributed by atoms with Gasteiger partial charge in [0.15, 0.2) is 0 Å². The largest absolute Gasteiger partial charge is 0.338 e. The Balaban J connectivity index is 1.90. The molecule has 3 N–H and O–H groups in total. The predicted octanol–water partition coefficient (Wildman–Crippen LogP) is 1.31. The van der Waals surface area contributed by atoms with Crippen molar-refractivity contribution >= 4 is 21.7 Å². The number of carbonyl (C=O) groups is 1. The molecule has 0 radical (unpaired) electrons. The number of hydrogen-bond donors (Lipinski definition) is 3. The molecule has 0 aliphatic rings. The van der Waals surface area contributed by atoms with Crippen LogP contribution in [-0.2, 0) is 16.6 Å². The van der Waals surface area contributed by atoms with Crippen molar-refractivity contribution in [3.63, 3.8) is 0 Å². The quantitative estimate of drug-likeness (QED) is 0.654. The predicted molar refractivity (Wildman–Crippen MR) is 91.3 cm³/mol. The zero-order valence-electron chi connectivity index (χ0n) is 13.6. The van der Waals surface area contributed by atoms with Crippen molar-refractivity contribution in [2.45, 2.75) is 24.8 Å². The minimum absolute atomic E-state index is 0.103. The Morgan fingerprint density at radius 2 is 2.12 bits per heavy atom. The van der Waals surface area contributed by atoms with E-state index in [1.807, 2.05) is 10.8 Å². The second kappa shape index (κ2) is 7.93. The molecule has 2 rings (SSSR count). The smallest absolute Gasteiger partial charge is 0.319 e. The van der Waals surface area contributed by atoms with E-state index in [0.29, 0.717) is 12.2 Å². The van der Waals surface area contributed by atoms with Crippen molar-refractivity contribution < 1.29 is 13.2 Å². The first-order valence-corrected chi connectivity index (χ1v) is 8.95. The summed E-state index contributed by atoms with van der Waals surface area (Å²) in [6.45, 7) is 3.05. The number of urea groups is 1. The van der Waals surface area contributed by atoms with Gasteiger partial charge in [-0.1, -0.05) is 6.07 Å².